The van der Waals surface area contributed by atoms with Crippen molar-refractivity contribution >= 4 is 21.4 Å². The number of rotatable bonds is 3. The van der Waals surface area contributed by atoms with E-state index in [0.717, 1.165) is 4.70 Å². The Morgan fingerprint density at radius 3 is 2.90 bits per heavy atom. The van der Waals surface area contributed by atoms with Gasteiger partial charge in [-0.1, -0.05) is 6.07 Å². The minimum atomic E-state index is -0.848. The fourth-order valence-electron chi connectivity index (χ4n) is 2.45. The lowest BCUT2D eigenvalue weighted by Crippen LogP contribution is -2.22. The van der Waals surface area contributed by atoms with Gasteiger partial charge in [0.1, 0.15) is 5.82 Å². The summed E-state index contributed by atoms with van der Waals surface area (Å²) in [5.74, 6) is -0.333. The highest BCUT2D eigenvalue weighted by Gasteiger charge is 2.13. The van der Waals surface area contributed by atoms with Crippen molar-refractivity contribution in [3.63, 3.8) is 0 Å². The van der Waals surface area contributed by atoms with E-state index >= 15 is 0 Å². The van der Waals surface area contributed by atoms with Crippen LogP contribution in [-0.2, 0) is 6.54 Å². The zero-order chi connectivity index (χ0) is 15.0. The molecule has 0 saturated carbocycles. The molecule has 0 amide bonds. The number of thiophene rings is 1. The van der Waals surface area contributed by atoms with Gasteiger partial charge in [-0.3, -0.25) is 4.79 Å². The third kappa shape index (κ3) is 2.62. The lowest BCUT2D eigenvalue weighted by atomic mass is 10.0. The Kier molecular flexibility index (Phi) is 3.61. The first kappa shape index (κ1) is 14.0. The largest absolute Gasteiger partial charge is 0.387 e. The minimum Gasteiger partial charge on any atom is -0.387 e. The van der Waals surface area contributed by atoms with Crippen molar-refractivity contribution in [2.45, 2.75) is 19.6 Å². The van der Waals surface area contributed by atoms with Gasteiger partial charge in [0.2, 0.25) is 0 Å². The normalized spacial score (nSPS) is 12.7. The van der Waals surface area contributed by atoms with E-state index in [1.54, 1.807) is 25.3 Å². The molecule has 108 valence electrons. The van der Waals surface area contributed by atoms with E-state index < -0.39 is 6.10 Å². The third-order valence-electron chi connectivity index (χ3n) is 3.55. The predicted molar refractivity (Wildman–Crippen MR) is 82.2 cm³/mol. The third-order valence-corrected chi connectivity index (χ3v) is 4.43. The summed E-state index contributed by atoms with van der Waals surface area (Å²) in [6.45, 7) is 1.89. The van der Waals surface area contributed by atoms with Crippen molar-refractivity contribution in [2.24, 2.45) is 0 Å². The van der Waals surface area contributed by atoms with Crippen molar-refractivity contribution in [3.05, 3.63) is 69.2 Å². The maximum Gasteiger partial charge on any atom is 0.259 e. The molecule has 1 aromatic carbocycles. The molecule has 5 heteroatoms. The van der Waals surface area contributed by atoms with E-state index in [0.29, 0.717) is 16.5 Å². The highest BCUT2D eigenvalue weighted by Crippen LogP contribution is 2.21. The Hall–Kier alpha value is -1.98. The Bertz CT molecular complexity index is 853. The van der Waals surface area contributed by atoms with Gasteiger partial charge in [-0.2, -0.15) is 0 Å². The number of nitrogens with zero attached hydrogens (tertiary/aromatic N) is 1. The van der Waals surface area contributed by atoms with Crippen LogP contribution in [0.5, 0.6) is 0 Å². The van der Waals surface area contributed by atoms with Gasteiger partial charge in [-0.25, -0.2) is 4.39 Å². The molecule has 3 nitrogen and oxygen atoms in total. The van der Waals surface area contributed by atoms with Crippen LogP contribution in [0.25, 0.3) is 10.1 Å². The number of aliphatic hydroxyl groups excluding tert-OH is 1. The first-order valence-corrected chi connectivity index (χ1v) is 7.45. The summed E-state index contributed by atoms with van der Waals surface area (Å²) >= 11 is 1.51. The number of aryl methyl sites for hydroxylation is 1. The van der Waals surface area contributed by atoms with Gasteiger partial charge < -0.3 is 9.67 Å². The van der Waals surface area contributed by atoms with E-state index in [-0.39, 0.29) is 17.9 Å². The number of aromatic nitrogens is 1. The molecule has 0 aliphatic rings. The van der Waals surface area contributed by atoms with E-state index in [1.165, 1.54) is 28.0 Å². The first-order valence-electron chi connectivity index (χ1n) is 6.57. The molecule has 3 aromatic rings. The molecule has 0 aliphatic heterocycles. The molecule has 1 atom stereocenters. The molecule has 2 heterocycles. The van der Waals surface area contributed by atoms with Crippen LogP contribution in [0, 0.1) is 12.7 Å². The highest BCUT2D eigenvalue weighted by molar-refractivity contribution is 7.17. The summed E-state index contributed by atoms with van der Waals surface area (Å²) in [4.78, 5) is 12.3. The Labute approximate surface area is 124 Å². The number of fused-ring (bicyclic) bond motifs is 1. The Morgan fingerprint density at radius 1 is 1.33 bits per heavy atom. The molecule has 1 unspecified atom stereocenters. The molecule has 0 bridgehead atoms. The molecule has 0 aliphatic carbocycles. The molecular weight excluding hydrogens is 289 g/mol. The molecule has 0 fully saturated rings. The summed E-state index contributed by atoms with van der Waals surface area (Å²) in [5, 5.41) is 12.8. The molecule has 0 radical (unpaired) electrons. The summed E-state index contributed by atoms with van der Waals surface area (Å²) in [5.41, 5.74) is 1.19. The molecule has 2 aromatic heterocycles. The van der Waals surface area contributed by atoms with Gasteiger partial charge in [0.05, 0.1) is 18.0 Å². The van der Waals surface area contributed by atoms with E-state index in [9.17, 15) is 14.3 Å². The van der Waals surface area contributed by atoms with Crippen molar-refractivity contribution in [1.29, 1.82) is 0 Å². The average molecular weight is 303 g/mol. The smallest absolute Gasteiger partial charge is 0.259 e. The number of hydrogen-bond acceptors (Lipinski definition) is 3. The van der Waals surface area contributed by atoms with E-state index in [2.05, 4.69) is 0 Å². The standard InChI is InChI=1S/C16H14FNO2S/c1-10-8-11(17)2-3-12(10)14(19)9-18-6-4-15-13(16(18)20)5-7-21-15/h2-8,14,19H,9H2,1H3. The Balaban J connectivity index is 1.94. The summed E-state index contributed by atoms with van der Waals surface area (Å²) < 4.78 is 15.5. The quantitative estimate of drug-likeness (QED) is 0.807. The average Bonchev–Trinajstić information content (AvgIpc) is 2.91. The molecule has 1 N–H and O–H groups in total. The highest BCUT2D eigenvalue weighted by atomic mass is 32.1. The van der Waals surface area contributed by atoms with Crippen LogP contribution in [-0.4, -0.2) is 9.67 Å². The maximum absolute atomic E-state index is 13.1. The zero-order valence-electron chi connectivity index (χ0n) is 11.4. The van der Waals surface area contributed by atoms with Crippen LogP contribution in [0.1, 0.15) is 17.2 Å². The monoisotopic (exact) mass is 303 g/mol. The second kappa shape index (κ2) is 5.42. The summed E-state index contributed by atoms with van der Waals surface area (Å²) in [6, 6.07) is 7.91. The number of halogens is 1. The second-order valence-corrected chi connectivity index (χ2v) is 5.94. The van der Waals surface area contributed by atoms with Gasteiger partial charge in [-0.05, 0) is 47.7 Å². The van der Waals surface area contributed by atoms with E-state index in [1.807, 2.05) is 11.4 Å². The topological polar surface area (TPSA) is 42.2 Å². The number of pyridine rings is 1. The van der Waals surface area contributed by atoms with Gasteiger partial charge in [0.25, 0.3) is 5.56 Å². The molecule has 0 spiro atoms. The first-order chi connectivity index (χ1) is 10.1. The Morgan fingerprint density at radius 2 is 2.14 bits per heavy atom. The minimum absolute atomic E-state index is 0.118. The van der Waals surface area contributed by atoms with Crippen LogP contribution in [0.4, 0.5) is 4.39 Å². The van der Waals surface area contributed by atoms with Crippen LogP contribution < -0.4 is 5.56 Å². The van der Waals surface area contributed by atoms with Crippen molar-refractivity contribution in [2.75, 3.05) is 0 Å². The maximum atomic E-state index is 13.1. The lowest BCUT2D eigenvalue weighted by molar-refractivity contribution is 0.154. The van der Waals surface area contributed by atoms with Gasteiger partial charge in [0.15, 0.2) is 0 Å². The van der Waals surface area contributed by atoms with Gasteiger partial charge in [-0.15, -0.1) is 11.3 Å². The fraction of sp³-hybridized carbons (Fsp3) is 0.188. The van der Waals surface area contributed by atoms with Crippen molar-refractivity contribution in [1.82, 2.24) is 4.57 Å². The molecule has 0 saturated heterocycles. The fourth-order valence-corrected chi connectivity index (χ4v) is 3.22. The number of aliphatic hydroxyl groups is 1. The number of benzene rings is 1. The lowest BCUT2D eigenvalue weighted by Gasteiger charge is -2.15. The van der Waals surface area contributed by atoms with Crippen LogP contribution in [0.3, 0.4) is 0 Å². The summed E-state index contributed by atoms with van der Waals surface area (Å²) in [7, 11) is 0. The van der Waals surface area contributed by atoms with Gasteiger partial charge in [0, 0.05) is 10.9 Å². The van der Waals surface area contributed by atoms with Crippen LogP contribution in [0.15, 0.2) is 46.7 Å². The molecular formula is C16H14FNO2S. The van der Waals surface area contributed by atoms with Crippen LogP contribution in [0.2, 0.25) is 0 Å². The van der Waals surface area contributed by atoms with Crippen LogP contribution >= 0.6 is 11.3 Å². The predicted octanol–water partition coefficient (Wildman–Crippen LogP) is 3.24. The number of hydrogen-bond donors (Lipinski definition) is 1. The second-order valence-electron chi connectivity index (χ2n) is 4.99. The molecule has 3 rings (SSSR count). The summed E-state index contributed by atoms with van der Waals surface area (Å²) in [6.07, 6.45) is 0.836. The van der Waals surface area contributed by atoms with E-state index in [4.69, 9.17) is 0 Å². The molecule has 21 heavy (non-hydrogen) atoms. The van der Waals surface area contributed by atoms with Gasteiger partial charge >= 0.3 is 0 Å². The zero-order valence-corrected chi connectivity index (χ0v) is 12.2. The van der Waals surface area contributed by atoms with Crippen molar-refractivity contribution in [3.8, 4) is 0 Å². The van der Waals surface area contributed by atoms with Crippen molar-refractivity contribution < 1.29 is 9.50 Å². The SMILES string of the molecule is Cc1cc(F)ccc1C(O)Cn1ccc2sccc2c1=O.